The maximum atomic E-state index is 12.2. The number of primary amides is 1. The van der Waals surface area contributed by atoms with Crippen LogP contribution >= 0.6 is 0 Å². The van der Waals surface area contributed by atoms with Crippen molar-refractivity contribution in [3.05, 3.63) is 54.1 Å². The summed E-state index contributed by atoms with van der Waals surface area (Å²) in [6.07, 6.45) is -5.38. The quantitative estimate of drug-likeness (QED) is 0.765. The molecule has 0 aliphatic rings. The Bertz CT molecular complexity index is 687. The lowest BCUT2D eigenvalue weighted by atomic mass is 10.1. The van der Waals surface area contributed by atoms with Gasteiger partial charge in [-0.25, -0.2) is 0 Å². The molecular formula is C17H16F3NO3. The molecule has 4 nitrogen and oxygen atoms in total. The normalized spacial score (nSPS) is 11.1. The molecule has 2 rings (SSSR count). The smallest absolute Gasteiger partial charge is 0.389 e. The molecule has 0 spiro atoms. The van der Waals surface area contributed by atoms with Crippen LogP contribution in [0.4, 0.5) is 13.2 Å². The van der Waals surface area contributed by atoms with Crippen molar-refractivity contribution in [3.63, 3.8) is 0 Å². The van der Waals surface area contributed by atoms with Gasteiger partial charge in [-0.05, 0) is 30.7 Å². The molecule has 0 aliphatic heterocycles. The second kappa shape index (κ2) is 7.72. The minimum Gasteiger partial charge on any atom is -0.490 e. The Morgan fingerprint density at radius 2 is 1.75 bits per heavy atom. The molecule has 0 radical (unpaired) electrons. The van der Waals surface area contributed by atoms with Crippen molar-refractivity contribution in [1.29, 1.82) is 0 Å². The van der Waals surface area contributed by atoms with E-state index in [0.717, 1.165) is 0 Å². The van der Waals surface area contributed by atoms with Crippen LogP contribution in [0.5, 0.6) is 17.2 Å². The molecule has 0 unspecified atom stereocenters. The molecule has 0 aliphatic carbocycles. The molecule has 0 atom stereocenters. The summed E-state index contributed by atoms with van der Waals surface area (Å²) in [5.41, 5.74) is 5.42. The topological polar surface area (TPSA) is 61.6 Å². The Kier molecular flexibility index (Phi) is 5.68. The maximum absolute atomic E-state index is 12.2. The van der Waals surface area contributed by atoms with Gasteiger partial charge in [0.25, 0.3) is 5.91 Å². The molecule has 0 heterocycles. The standard InChI is InChI=1S/C17H16F3NO3/c18-17(19,20)10-5-11-23-14-9-4-8-13(16(21)22)15(14)24-12-6-2-1-3-7-12/h1-4,6-9H,5,10-11H2,(H2,21,22). The number of para-hydroxylation sites is 2. The highest BCUT2D eigenvalue weighted by Crippen LogP contribution is 2.35. The second-order valence-corrected chi connectivity index (χ2v) is 4.98. The van der Waals surface area contributed by atoms with Crippen molar-refractivity contribution in [2.75, 3.05) is 6.61 Å². The Labute approximate surface area is 137 Å². The SMILES string of the molecule is NC(=O)c1cccc(OCCCC(F)(F)F)c1Oc1ccccc1. The zero-order valence-electron chi connectivity index (χ0n) is 12.7. The van der Waals surface area contributed by atoms with Crippen LogP contribution in [0.3, 0.4) is 0 Å². The van der Waals surface area contributed by atoms with Gasteiger partial charge in [0.2, 0.25) is 0 Å². The summed E-state index contributed by atoms with van der Waals surface area (Å²) in [7, 11) is 0. The fourth-order valence-corrected chi connectivity index (χ4v) is 1.99. The molecule has 2 N–H and O–H groups in total. The molecule has 0 saturated carbocycles. The van der Waals surface area contributed by atoms with Crippen molar-refractivity contribution < 1.29 is 27.4 Å². The first kappa shape index (κ1) is 17.7. The predicted molar refractivity (Wildman–Crippen MR) is 82.3 cm³/mol. The van der Waals surface area contributed by atoms with Crippen LogP contribution in [-0.4, -0.2) is 18.7 Å². The highest BCUT2D eigenvalue weighted by molar-refractivity contribution is 5.96. The lowest BCUT2D eigenvalue weighted by Crippen LogP contribution is -2.13. The number of rotatable bonds is 7. The van der Waals surface area contributed by atoms with Gasteiger partial charge < -0.3 is 15.2 Å². The zero-order valence-corrected chi connectivity index (χ0v) is 12.7. The number of alkyl halides is 3. The molecule has 7 heteroatoms. The van der Waals surface area contributed by atoms with Crippen LogP contribution in [0.25, 0.3) is 0 Å². The van der Waals surface area contributed by atoms with E-state index < -0.39 is 18.5 Å². The van der Waals surface area contributed by atoms with Gasteiger partial charge in [0, 0.05) is 6.42 Å². The van der Waals surface area contributed by atoms with Gasteiger partial charge >= 0.3 is 6.18 Å². The third-order valence-corrected chi connectivity index (χ3v) is 3.07. The summed E-state index contributed by atoms with van der Waals surface area (Å²) < 4.78 is 47.5. The molecular weight excluding hydrogens is 323 g/mol. The van der Waals surface area contributed by atoms with Gasteiger partial charge in [-0.3, -0.25) is 4.79 Å². The minimum atomic E-state index is -4.23. The van der Waals surface area contributed by atoms with Crippen LogP contribution in [0.1, 0.15) is 23.2 Å². The number of halogens is 3. The Hall–Kier alpha value is -2.70. The first-order chi connectivity index (χ1) is 11.4. The first-order valence-electron chi connectivity index (χ1n) is 7.22. The number of benzene rings is 2. The number of amides is 1. The summed E-state index contributed by atoms with van der Waals surface area (Å²) in [5, 5.41) is 0. The summed E-state index contributed by atoms with van der Waals surface area (Å²) in [6, 6.07) is 13.1. The summed E-state index contributed by atoms with van der Waals surface area (Å²) in [4.78, 5) is 11.6. The largest absolute Gasteiger partial charge is 0.490 e. The van der Waals surface area contributed by atoms with E-state index in [1.807, 2.05) is 0 Å². The molecule has 0 aromatic heterocycles. The number of hydrogen-bond acceptors (Lipinski definition) is 3. The highest BCUT2D eigenvalue weighted by Gasteiger charge is 2.26. The Morgan fingerprint density at radius 1 is 1.04 bits per heavy atom. The third-order valence-electron chi connectivity index (χ3n) is 3.07. The molecule has 0 fully saturated rings. The van der Waals surface area contributed by atoms with Crippen LogP contribution < -0.4 is 15.2 Å². The maximum Gasteiger partial charge on any atom is 0.389 e. The average molecular weight is 339 g/mol. The average Bonchev–Trinajstić information content (AvgIpc) is 2.52. The van der Waals surface area contributed by atoms with Crippen LogP contribution in [0.2, 0.25) is 0 Å². The monoisotopic (exact) mass is 339 g/mol. The van der Waals surface area contributed by atoms with E-state index in [1.54, 1.807) is 30.3 Å². The van der Waals surface area contributed by atoms with E-state index in [2.05, 4.69) is 0 Å². The fourth-order valence-electron chi connectivity index (χ4n) is 1.99. The lowest BCUT2D eigenvalue weighted by molar-refractivity contribution is -0.136. The van der Waals surface area contributed by atoms with E-state index in [-0.39, 0.29) is 30.1 Å². The summed E-state index contributed by atoms with van der Waals surface area (Å²) in [6.45, 7) is -0.160. The predicted octanol–water partition coefficient (Wildman–Crippen LogP) is 4.30. The van der Waals surface area contributed by atoms with Crippen molar-refractivity contribution in [3.8, 4) is 17.2 Å². The van der Waals surface area contributed by atoms with Crippen molar-refractivity contribution >= 4 is 5.91 Å². The summed E-state index contributed by atoms with van der Waals surface area (Å²) >= 11 is 0. The number of hydrogen-bond donors (Lipinski definition) is 1. The number of carbonyl (C=O) groups excluding carboxylic acids is 1. The van der Waals surface area contributed by atoms with Crippen LogP contribution in [-0.2, 0) is 0 Å². The van der Waals surface area contributed by atoms with Gasteiger partial charge in [0.15, 0.2) is 11.5 Å². The Balaban J connectivity index is 2.17. The number of carbonyl (C=O) groups is 1. The van der Waals surface area contributed by atoms with E-state index in [0.29, 0.717) is 5.75 Å². The van der Waals surface area contributed by atoms with Crippen LogP contribution in [0, 0.1) is 0 Å². The summed E-state index contributed by atoms with van der Waals surface area (Å²) in [5.74, 6) is -0.0199. The molecule has 0 saturated heterocycles. The zero-order chi connectivity index (χ0) is 17.6. The fraction of sp³-hybridized carbons (Fsp3) is 0.235. The molecule has 2 aromatic carbocycles. The van der Waals surface area contributed by atoms with Crippen molar-refractivity contribution in [2.24, 2.45) is 5.73 Å². The number of ether oxygens (including phenoxy) is 2. The molecule has 2 aromatic rings. The minimum absolute atomic E-state index is 0.0863. The second-order valence-electron chi connectivity index (χ2n) is 4.98. The van der Waals surface area contributed by atoms with Crippen LogP contribution in [0.15, 0.2) is 48.5 Å². The van der Waals surface area contributed by atoms with Crippen molar-refractivity contribution in [1.82, 2.24) is 0 Å². The highest BCUT2D eigenvalue weighted by atomic mass is 19.4. The molecule has 1 amide bonds. The number of nitrogens with two attached hydrogens (primary N) is 1. The van der Waals surface area contributed by atoms with Gasteiger partial charge in [0.05, 0.1) is 12.2 Å². The lowest BCUT2D eigenvalue weighted by Gasteiger charge is -2.15. The molecule has 128 valence electrons. The van der Waals surface area contributed by atoms with Gasteiger partial charge in [-0.1, -0.05) is 24.3 Å². The van der Waals surface area contributed by atoms with Gasteiger partial charge in [-0.15, -0.1) is 0 Å². The molecule has 24 heavy (non-hydrogen) atoms. The first-order valence-corrected chi connectivity index (χ1v) is 7.22. The van der Waals surface area contributed by atoms with E-state index in [1.165, 1.54) is 18.2 Å². The third kappa shape index (κ3) is 5.19. The van der Waals surface area contributed by atoms with E-state index in [9.17, 15) is 18.0 Å². The van der Waals surface area contributed by atoms with Gasteiger partial charge in [-0.2, -0.15) is 13.2 Å². The molecule has 0 bridgehead atoms. The van der Waals surface area contributed by atoms with Gasteiger partial charge in [0.1, 0.15) is 5.75 Å². The Morgan fingerprint density at radius 3 is 2.38 bits per heavy atom. The van der Waals surface area contributed by atoms with E-state index >= 15 is 0 Å². The van der Waals surface area contributed by atoms with Crippen molar-refractivity contribution in [2.45, 2.75) is 19.0 Å². The van der Waals surface area contributed by atoms with E-state index in [4.69, 9.17) is 15.2 Å².